The van der Waals surface area contributed by atoms with Crippen LogP contribution in [0.5, 0.6) is 0 Å². The van der Waals surface area contributed by atoms with Gasteiger partial charge in [-0.25, -0.2) is 0 Å². The quantitative estimate of drug-likeness (QED) is 0.259. The summed E-state index contributed by atoms with van der Waals surface area (Å²) in [5.74, 6) is 0.854. The van der Waals surface area contributed by atoms with Crippen LogP contribution in [0.15, 0.2) is 34.8 Å². The van der Waals surface area contributed by atoms with Crippen LogP contribution < -0.4 is 5.32 Å². The number of carbonyl (C=O) groups excluding carboxylic acids is 1. The molecule has 0 fully saturated rings. The van der Waals surface area contributed by atoms with Gasteiger partial charge in [0.15, 0.2) is 11.0 Å². The first-order valence-electron chi connectivity index (χ1n) is 12.5. The number of hydrogen-bond acceptors (Lipinski definition) is 7. The number of nitriles is 1. The maximum atomic E-state index is 12.9. The summed E-state index contributed by atoms with van der Waals surface area (Å²) in [6.45, 7) is 4.21. The van der Waals surface area contributed by atoms with Crippen LogP contribution in [0.4, 0.5) is 5.00 Å². The van der Waals surface area contributed by atoms with Crippen LogP contribution in [0.1, 0.15) is 52.1 Å². The first kappa shape index (κ1) is 25.7. The van der Waals surface area contributed by atoms with Crippen LogP contribution in [-0.4, -0.2) is 26.4 Å². The van der Waals surface area contributed by atoms with Crippen molar-refractivity contribution in [3.63, 3.8) is 0 Å². The highest BCUT2D eigenvalue weighted by atomic mass is 32.2. The van der Waals surface area contributed by atoms with E-state index in [-0.39, 0.29) is 11.7 Å². The minimum Gasteiger partial charge on any atom is -0.316 e. The van der Waals surface area contributed by atoms with Gasteiger partial charge in [0, 0.05) is 33.3 Å². The molecule has 0 atom stereocenters. The predicted octanol–water partition coefficient (Wildman–Crippen LogP) is 7.15. The molecule has 0 bridgehead atoms. The molecule has 3 heterocycles. The third-order valence-electron chi connectivity index (χ3n) is 6.76. The highest BCUT2D eigenvalue weighted by Gasteiger charge is 2.22. The zero-order valence-electron chi connectivity index (χ0n) is 21.3. The number of amides is 1. The van der Waals surface area contributed by atoms with E-state index in [1.807, 2.05) is 11.6 Å². The molecule has 190 valence electrons. The highest BCUT2D eigenvalue weighted by molar-refractivity contribution is 7.99. The van der Waals surface area contributed by atoms with Crippen molar-refractivity contribution >= 4 is 45.3 Å². The summed E-state index contributed by atoms with van der Waals surface area (Å²) in [5, 5.41) is 25.2. The number of fused-ring (bicyclic) bond motifs is 1. The molecule has 0 spiro atoms. The molecule has 0 saturated carbocycles. The third kappa shape index (κ3) is 5.37. The van der Waals surface area contributed by atoms with E-state index in [2.05, 4.69) is 65.1 Å². The van der Waals surface area contributed by atoms with Crippen molar-refractivity contribution in [3.8, 4) is 28.6 Å². The molecule has 6 nitrogen and oxygen atoms in total. The van der Waals surface area contributed by atoms with Crippen molar-refractivity contribution in [1.82, 2.24) is 14.8 Å². The van der Waals surface area contributed by atoms with Gasteiger partial charge in [0.1, 0.15) is 11.1 Å². The second-order valence-corrected chi connectivity index (χ2v) is 12.5. The van der Waals surface area contributed by atoms with Gasteiger partial charge in [-0.15, -0.1) is 32.9 Å². The number of carbonyl (C=O) groups is 1. The summed E-state index contributed by atoms with van der Waals surface area (Å²) in [6.07, 6.45) is 6.60. The lowest BCUT2D eigenvalue weighted by Crippen LogP contribution is -2.14. The van der Waals surface area contributed by atoms with Crippen LogP contribution in [0, 0.1) is 25.2 Å². The molecule has 9 heteroatoms. The number of anilines is 1. The molecular formula is C28H29N5OS3. The Kier molecular flexibility index (Phi) is 7.79. The average Bonchev–Trinajstić information content (AvgIpc) is 3.53. The van der Waals surface area contributed by atoms with Gasteiger partial charge in [-0.2, -0.15) is 5.26 Å². The van der Waals surface area contributed by atoms with E-state index in [1.54, 1.807) is 22.7 Å². The number of hydrogen-bond donors (Lipinski definition) is 1. The summed E-state index contributed by atoms with van der Waals surface area (Å²) >= 11 is 4.63. The topological polar surface area (TPSA) is 83.6 Å². The fraction of sp³-hybridized carbons (Fsp3) is 0.357. The van der Waals surface area contributed by atoms with E-state index in [4.69, 9.17) is 0 Å². The smallest absolute Gasteiger partial charge is 0.235 e. The van der Waals surface area contributed by atoms with Crippen molar-refractivity contribution in [3.05, 3.63) is 56.1 Å². The SMILES string of the molecule is Cc1ccc(-c2c(-c3nnc(SCC(=O)Nc4sc5c(c4C#N)CCCCCC5)n3C)csc2C)cc1. The standard InChI is InChI=1S/C28H29N5OS3/c1-17-10-12-19(13-11-17)25-18(2)35-15-22(25)26-31-32-28(33(26)3)36-16-24(34)30-27-21(14-29)20-8-6-4-5-7-9-23(20)37-27/h10-13,15H,4-9,16H2,1-3H3,(H,30,34). The van der Waals surface area contributed by atoms with Crippen molar-refractivity contribution in [1.29, 1.82) is 5.26 Å². The van der Waals surface area contributed by atoms with Crippen LogP contribution in [-0.2, 0) is 24.7 Å². The van der Waals surface area contributed by atoms with Crippen molar-refractivity contribution in [2.24, 2.45) is 7.05 Å². The Morgan fingerprint density at radius 1 is 1.14 bits per heavy atom. The van der Waals surface area contributed by atoms with Crippen LogP contribution in [0.2, 0.25) is 0 Å². The fourth-order valence-electron chi connectivity index (χ4n) is 4.79. The van der Waals surface area contributed by atoms with Crippen molar-refractivity contribution in [2.45, 2.75) is 57.5 Å². The fourth-order valence-corrected chi connectivity index (χ4v) is 7.62. The second kappa shape index (κ2) is 11.2. The molecule has 5 rings (SSSR count). The van der Waals surface area contributed by atoms with E-state index in [0.717, 1.165) is 48.2 Å². The number of thiophene rings is 2. The normalized spacial score (nSPS) is 13.5. The molecule has 1 aromatic carbocycles. The molecule has 0 aliphatic heterocycles. The lowest BCUT2D eigenvalue weighted by Gasteiger charge is -2.08. The zero-order valence-corrected chi connectivity index (χ0v) is 23.7. The van der Waals surface area contributed by atoms with Crippen molar-refractivity contribution in [2.75, 3.05) is 11.1 Å². The number of aromatic nitrogens is 3. The summed E-state index contributed by atoms with van der Waals surface area (Å²) in [5.41, 5.74) is 6.40. The number of thioether (sulfide) groups is 1. The number of nitrogens with one attached hydrogen (secondary N) is 1. The predicted molar refractivity (Wildman–Crippen MR) is 153 cm³/mol. The lowest BCUT2D eigenvalue weighted by atomic mass is 9.97. The van der Waals surface area contributed by atoms with E-state index < -0.39 is 0 Å². The minimum absolute atomic E-state index is 0.132. The Bertz CT molecular complexity index is 1470. The van der Waals surface area contributed by atoms with Gasteiger partial charge in [0.2, 0.25) is 5.91 Å². The largest absolute Gasteiger partial charge is 0.316 e. The lowest BCUT2D eigenvalue weighted by molar-refractivity contribution is -0.113. The summed E-state index contributed by atoms with van der Waals surface area (Å²) in [7, 11) is 1.94. The second-order valence-electron chi connectivity index (χ2n) is 9.38. The first-order chi connectivity index (χ1) is 18.0. The van der Waals surface area contributed by atoms with E-state index in [1.165, 1.54) is 45.5 Å². The van der Waals surface area contributed by atoms with E-state index >= 15 is 0 Å². The van der Waals surface area contributed by atoms with Gasteiger partial charge >= 0.3 is 0 Å². The molecule has 1 aliphatic carbocycles. The summed E-state index contributed by atoms with van der Waals surface area (Å²) < 4.78 is 1.95. The average molecular weight is 548 g/mol. The third-order valence-corrected chi connectivity index (χ3v) is 9.90. The zero-order chi connectivity index (χ0) is 25.9. The molecule has 1 aliphatic rings. The van der Waals surface area contributed by atoms with Gasteiger partial charge in [-0.05, 0) is 50.7 Å². The summed E-state index contributed by atoms with van der Waals surface area (Å²) in [4.78, 5) is 15.4. The van der Waals surface area contributed by atoms with Gasteiger partial charge in [0.05, 0.1) is 11.3 Å². The van der Waals surface area contributed by atoms with Crippen LogP contribution >= 0.6 is 34.4 Å². The Hall–Kier alpha value is -2.93. The maximum absolute atomic E-state index is 12.9. The number of benzene rings is 1. The molecule has 0 unspecified atom stereocenters. The van der Waals surface area contributed by atoms with Gasteiger partial charge < -0.3 is 9.88 Å². The monoisotopic (exact) mass is 547 g/mol. The molecule has 37 heavy (non-hydrogen) atoms. The molecule has 3 aromatic heterocycles. The van der Waals surface area contributed by atoms with Gasteiger partial charge in [-0.3, -0.25) is 4.79 Å². The number of nitrogens with zero attached hydrogens (tertiary/aromatic N) is 4. The minimum atomic E-state index is -0.132. The number of rotatable bonds is 6. The van der Waals surface area contributed by atoms with Crippen LogP contribution in [0.25, 0.3) is 22.5 Å². The molecular weight excluding hydrogens is 519 g/mol. The van der Waals surface area contributed by atoms with Gasteiger partial charge in [-0.1, -0.05) is 54.4 Å². The van der Waals surface area contributed by atoms with E-state index in [0.29, 0.717) is 15.7 Å². The molecule has 0 radical (unpaired) electrons. The highest BCUT2D eigenvalue weighted by Crippen LogP contribution is 2.39. The molecule has 1 amide bonds. The summed E-state index contributed by atoms with van der Waals surface area (Å²) in [6, 6.07) is 10.9. The Morgan fingerprint density at radius 2 is 1.89 bits per heavy atom. The molecule has 1 N–H and O–H groups in total. The molecule has 4 aromatic rings. The Labute approximate surface area is 229 Å². The number of aryl methyl sites for hydroxylation is 3. The molecule has 0 saturated heterocycles. The maximum Gasteiger partial charge on any atom is 0.235 e. The Balaban J connectivity index is 1.31. The van der Waals surface area contributed by atoms with Crippen molar-refractivity contribution < 1.29 is 4.79 Å². The first-order valence-corrected chi connectivity index (χ1v) is 15.2. The van der Waals surface area contributed by atoms with Gasteiger partial charge in [0.25, 0.3) is 0 Å². The Morgan fingerprint density at radius 3 is 2.65 bits per heavy atom. The van der Waals surface area contributed by atoms with E-state index in [9.17, 15) is 10.1 Å². The van der Waals surface area contributed by atoms with Crippen LogP contribution in [0.3, 0.4) is 0 Å².